The molecule has 0 spiro atoms. The van der Waals surface area contributed by atoms with Crippen molar-refractivity contribution in [2.24, 2.45) is 0 Å². The van der Waals surface area contributed by atoms with Gasteiger partial charge in [-0.3, -0.25) is 14.5 Å². The van der Waals surface area contributed by atoms with Gasteiger partial charge in [0.2, 0.25) is 0 Å². The Hall–Kier alpha value is -3.55. The lowest BCUT2D eigenvalue weighted by Gasteiger charge is -2.30. The van der Waals surface area contributed by atoms with Crippen LogP contribution in [0.3, 0.4) is 0 Å². The van der Waals surface area contributed by atoms with E-state index in [0.717, 1.165) is 29.3 Å². The first-order valence-electron chi connectivity index (χ1n) is 10.6. The lowest BCUT2D eigenvalue weighted by atomic mass is 9.96. The van der Waals surface area contributed by atoms with E-state index < -0.39 is 0 Å². The summed E-state index contributed by atoms with van der Waals surface area (Å²) in [6, 6.07) is 11.7. The molecule has 4 heterocycles. The average Bonchev–Trinajstić information content (AvgIpc) is 3.46. The monoisotopic (exact) mass is 416 g/mol. The van der Waals surface area contributed by atoms with Gasteiger partial charge in [0, 0.05) is 42.2 Å². The van der Waals surface area contributed by atoms with E-state index in [9.17, 15) is 4.79 Å². The fourth-order valence-corrected chi connectivity index (χ4v) is 4.09. The van der Waals surface area contributed by atoms with E-state index in [2.05, 4.69) is 34.1 Å². The van der Waals surface area contributed by atoms with Crippen molar-refractivity contribution < 1.29 is 9.32 Å². The van der Waals surface area contributed by atoms with Gasteiger partial charge in [0.15, 0.2) is 5.82 Å². The Kier molecular flexibility index (Phi) is 4.97. The number of pyridine rings is 1. The highest BCUT2D eigenvalue weighted by Crippen LogP contribution is 2.30. The number of likely N-dealkylation sites (tertiary alicyclic amines) is 1. The molecule has 0 atom stereocenters. The summed E-state index contributed by atoms with van der Waals surface area (Å²) >= 11 is 0. The highest BCUT2D eigenvalue weighted by atomic mass is 16.5. The molecule has 0 N–H and O–H groups in total. The minimum Gasteiger partial charge on any atom is -0.337 e. The normalized spacial score (nSPS) is 15.1. The van der Waals surface area contributed by atoms with Gasteiger partial charge in [0.25, 0.3) is 11.8 Å². The summed E-state index contributed by atoms with van der Waals surface area (Å²) in [6.07, 6.45) is 5.12. The van der Waals surface area contributed by atoms with E-state index in [1.807, 2.05) is 46.1 Å². The molecule has 5 rings (SSSR count). The zero-order valence-electron chi connectivity index (χ0n) is 17.6. The number of amides is 1. The van der Waals surface area contributed by atoms with Gasteiger partial charge in [-0.25, -0.2) is 0 Å². The second-order valence-corrected chi connectivity index (χ2v) is 8.20. The second kappa shape index (κ2) is 7.94. The first-order chi connectivity index (χ1) is 15.1. The summed E-state index contributed by atoms with van der Waals surface area (Å²) in [5.74, 6) is 1.37. The van der Waals surface area contributed by atoms with Crippen molar-refractivity contribution in [1.29, 1.82) is 0 Å². The molecule has 0 unspecified atom stereocenters. The smallest absolute Gasteiger partial charge is 0.272 e. The SMILES string of the molecule is CC(C)n1ncc2ccc(-c3nc(C4CCN(C(=O)c5ccccn5)CC4)no3)cc21. The molecule has 0 radical (unpaired) electrons. The summed E-state index contributed by atoms with van der Waals surface area (Å²) in [7, 11) is 0. The Labute approximate surface area is 179 Å². The van der Waals surface area contributed by atoms with Crippen molar-refractivity contribution in [3.8, 4) is 11.5 Å². The van der Waals surface area contributed by atoms with Crippen LogP contribution in [-0.4, -0.2) is 48.8 Å². The summed E-state index contributed by atoms with van der Waals surface area (Å²) < 4.78 is 7.58. The van der Waals surface area contributed by atoms with Crippen LogP contribution >= 0.6 is 0 Å². The maximum Gasteiger partial charge on any atom is 0.272 e. The molecule has 8 heteroatoms. The molecule has 31 heavy (non-hydrogen) atoms. The average molecular weight is 416 g/mol. The Morgan fingerprint density at radius 2 is 2.00 bits per heavy atom. The molecule has 8 nitrogen and oxygen atoms in total. The van der Waals surface area contributed by atoms with Crippen LogP contribution < -0.4 is 0 Å². The lowest BCUT2D eigenvalue weighted by Crippen LogP contribution is -2.38. The third-order valence-corrected chi connectivity index (χ3v) is 5.81. The number of hydrogen-bond acceptors (Lipinski definition) is 6. The number of aromatic nitrogens is 5. The molecule has 0 saturated carbocycles. The molecular weight excluding hydrogens is 392 g/mol. The third kappa shape index (κ3) is 3.69. The van der Waals surface area contributed by atoms with Crippen molar-refractivity contribution >= 4 is 16.8 Å². The van der Waals surface area contributed by atoms with Crippen LogP contribution in [0.15, 0.2) is 53.3 Å². The Morgan fingerprint density at radius 3 is 2.74 bits per heavy atom. The Morgan fingerprint density at radius 1 is 1.16 bits per heavy atom. The van der Waals surface area contributed by atoms with Gasteiger partial charge in [-0.2, -0.15) is 10.1 Å². The maximum absolute atomic E-state index is 12.6. The molecular formula is C23H24N6O2. The van der Waals surface area contributed by atoms with E-state index in [1.54, 1.807) is 12.3 Å². The number of fused-ring (bicyclic) bond motifs is 1. The molecule has 158 valence electrons. The van der Waals surface area contributed by atoms with Crippen molar-refractivity contribution in [3.05, 3.63) is 60.3 Å². The number of nitrogens with zero attached hydrogens (tertiary/aromatic N) is 6. The largest absolute Gasteiger partial charge is 0.337 e. The van der Waals surface area contributed by atoms with Crippen molar-refractivity contribution in [1.82, 2.24) is 29.8 Å². The highest BCUT2D eigenvalue weighted by Gasteiger charge is 2.28. The fourth-order valence-electron chi connectivity index (χ4n) is 4.09. The van der Waals surface area contributed by atoms with Crippen molar-refractivity contribution in [2.75, 3.05) is 13.1 Å². The molecule has 1 aliphatic rings. The standard InChI is InChI=1S/C23H24N6O2/c1-15(2)29-20-13-17(6-7-18(20)14-25-29)22-26-21(27-31-22)16-8-11-28(12-9-16)23(30)19-5-3-4-10-24-19/h3-7,10,13-16H,8-9,11-12H2,1-2H3. The number of carbonyl (C=O) groups excluding carboxylic acids is 1. The Balaban J connectivity index is 1.30. The zero-order chi connectivity index (χ0) is 21.4. The van der Waals surface area contributed by atoms with E-state index in [4.69, 9.17) is 4.52 Å². The molecule has 4 aromatic rings. The number of carbonyl (C=O) groups is 1. The second-order valence-electron chi connectivity index (χ2n) is 8.20. The predicted octanol–water partition coefficient (Wildman–Crippen LogP) is 4.08. The van der Waals surface area contributed by atoms with Gasteiger partial charge in [0.1, 0.15) is 5.69 Å². The van der Waals surface area contributed by atoms with E-state index >= 15 is 0 Å². The molecule has 1 amide bonds. The number of rotatable bonds is 4. The molecule has 0 bridgehead atoms. The molecule has 1 aliphatic heterocycles. The van der Waals surface area contributed by atoms with Crippen LogP contribution in [0.1, 0.15) is 55.0 Å². The van der Waals surface area contributed by atoms with Crippen LogP contribution in [0.2, 0.25) is 0 Å². The van der Waals surface area contributed by atoms with Crippen LogP contribution in [0.5, 0.6) is 0 Å². The zero-order valence-corrected chi connectivity index (χ0v) is 17.6. The van der Waals surface area contributed by atoms with E-state index in [1.165, 1.54) is 0 Å². The number of benzene rings is 1. The third-order valence-electron chi connectivity index (χ3n) is 5.81. The molecule has 1 saturated heterocycles. The van der Waals surface area contributed by atoms with Gasteiger partial charge in [0.05, 0.1) is 11.7 Å². The van der Waals surface area contributed by atoms with Gasteiger partial charge < -0.3 is 9.42 Å². The Bertz CT molecular complexity index is 1210. The number of hydrogen-bond donors (Lipinski definition) is 0. The molecule has 1 aromatic carbocycles. The van der Waals surface area contributed by atoms with Gasteiger partial charge in [-0.1, -0.05) is 17.3 Å². The van der Waals surface area contributed by atoms with Crippen LogP contribution in [0, 0.1) is 0 Å². The van der Waals surface area contributed by atoms with Crippen LogP contribution in [0.4, 0.5) is 0 Å². The van der Waals surface area contributed by atoms with Crippen molar-refractivity contribution in [3.63, 3.8) is 0 Å². The van der Waals surface area contributed by atoms with Gasteiger partial charge >= 0.3 is 0 Å². The minimum absolute atomic E-state index is 0.0251. The highest BCUT2D eigenvalue weighted by molar-refractivity contribution is 5.92. The summed E-state index contributed by atoms with van der Waals surface area (Å²) in [6.45, 7) is 5.52. The van der Waals surface area contributed by atoms with E-state index in [-0.39, 0.29) is 17.9 Å². The van der Waals surface area contributed by atoms with Crippen LogP contribution in [-0.2, 0) is 0 Å². The predicted molar refractivity (Wildman–Crippen MR) is 116 cm³/mol. The fraction of sp³-hybridized carbons (Fsp3) is 0.348. The summed E-state index contributed by atoms with van der Waals surface area (Å²) in [4.78, 5) is 23.3. The van der Waals surface area contributed by atoms with Gasteiger partial charge in [-0.05, 0) is 51.0 Å². The van der Waals surface area contributed by atoms with Crippen molar-refractivity contribution in [2.45, 2.75) is 38.6 Å². The maximum atomic E-state index is 12.6. The summed E-state index contributed by atoms with van der Waals surface area (Å²) in [5.41, 5.74) is 2.42. The minimum atomic E-state index is -0.0251. The van der Waals surface area contributed by atoms with Gasteiger partial charge in [-0.15, -0.1) is 0 Å². The summed E-state index contributed by atoms with van der Waals surface area (Å²) in [5, 5.41) is 9.80. The first kappa shape index (κ1) is 19.4. The molecule has 3 aromatic heterocycles. The topological polar surface area (TPSA) is 89.9 Å². The molecule has 1 fully saturated rings. The lowest BCUT2D eigenvalue weighted by molar-refractivity contribution is 0.0704. The first-order valence-corrected chi connectivity index (χ1v) is 10.6. The van der Waals surface area contributed by atoms with Crippen LogP contribution in [0.25, 0.3) is 22.4 Å². The molecule has 0 aliphatic carbocycles. The van der Waals surface area contributed by atoms with E-state index in [0.29, 0.717) is 30.5 Å². The quantitative estimate of drug-likeness (QED) is 0.498. The number of piperidine rings is 1.